The van der Waals surface area contributed by atoms with E-state index < -0.39 is 5.51 Å². The van der Waals surface area contributed by atoms with Crippen molar-refractivity contribution < 1.29 is 13.2 Å². The van der Waals surface area contributed by atoms with Crippen LogP contribution in [0, 0.1) is 0 Å². The molecule has 1 heterocycles. The minimum atomic E-state index is -4.11. The maximum Gasteiger partial charge on any atom is 0.441 e. The van der Waals surface area contributed by atoms with Gasteiger partial charge in [0.1, 0.15) is 0 Å². The first-order valence-electron chi connectivity index (χ1n) is 6.56. The van der Waals surface area contributed by atoms with Crippen LogP contribution in [0.4, 0.5) is 13.2 Å². The van der Waals surface area contributed by atoms with Crippen LogP contribution in [0.5, 0.6) is 0 Å². The lowest BCUT2D eigenvalue weighted by Gasteiger charge is -2.33. The summed E-state index contributed by atoms with van der Waals surface area (Å²) in [4.78, 5) is 2.14. The molecule has 1 saturated heterocycles. The van der Waals surface area contributed by atoms with Crippen molar-refractivity contribution in [2.24, 2.45) is 0 Å². The second-order valence-corrected chi connectivity index (χ2v) is 6.19. The number of hydrogen-bond donors (Lipinski definition) is 1. The van der Waals surface area contributed by atoms with Gasteiger partial charge in [-0.05, 0) is 45.0 Å². The molecule has 108 valence electrons. The molecule has 1 atom stereocenters. The van der Waals surface area contributed by atoms with Crippen LogP contribution >= 0.6 is 11.8 Å². The Balaban J connectivity index is 2.30. The van der Waals surface area contributed by atoms with Crippen LogP contribution < -0.4 is 5.32 Å². The van der Waals surface area contributed by atoms with Crippen molar-refractivity contribution in [1.82, 2.24) is 10.2 Å². The first kappa shape index (κ1) is 16.1. The van der Waals surface area contributed by atoms with E-state index in [0.717, 1.165) is 19.5 Å². The molecule has 0 spiro atoms. The highest BCUT2D eigenvalue weighted by Gasteiger charge is 2.28. The molecule has 0 aromatic rings. The van der Waals surface area contributed by atoms with Crippen molar-refractivity contribution in [3.63, 3.8) is 0 Å². The van der Waals surface area contributed by atoms with Crippen molar-refractivity contribution in [2.45, 2.75) is 50.7 Å². The third-order valence-electron chi connectivity index (χ3n) is 3.24. The predicted octanol–water partition coefficient (Wildman–Crippen LogP) is 3.09. The Morgan fingerprint density at radius 1 is 1.33 bits per heavy atom. The van der Waals surface area contributed by atoms with E-state index >= 15 is 0 Å². The van der Waals surface area contributed by atoms with Gasteiger partial charge in [0, 0.05) is 30.9 Å². The minimum Gasteiger partial charge on any atom is -0.313 e. The monoisotopic (exact) mass is 284 g/mol. The third-order valence-corrected chi connectivity index (χ3v) is 3.96. The number of nitrogens with one attached hydrogen (secondary N) is 1. The molecule has 1 unspecified atom stereocenters. The molecule has 0 radical (unpaired) electrons. The van der Waals surface area contributed by atoms with Gasteiger partial charge in [-0.1, -0.05) is 6.42 Å². The van der Waals surface area contributed by atoms with E-state index in [4.69, 9.17) is 0 Å². The first-order valence-corrected chi connectivity index (χ1v) is 7.55. The molecule has 0 bridgehead atoms. The summed E-state index contributed by atoms with van der Waals surface area (Å²) in [6.07, 6.45) is 3.57. The van der Waals surface area contributed by atoms with Gasteiger partial charge in [-0.2, -0.15) is 13.2 Å². The van der Waals surface area contributed by atoms with Gasteiger partial charge in [-0.15, -0.1) is 0 Å². The van der Waals surface area contributed by atoms with Crippen molar-refractivity contribution in [3.05, 3.63) is 0 Å². The maximum atomic E-state index is 12.1. The van der Waals surface area contributed by atoms with Gasteiger partial charge in [-0.25, -0.2) is 0 Å². The molecule has 6 heteroatoms. The SMILES string of the molecule is CC(C)N(CCSC(F)(F)F)CC1CCCCN1. The van der Waals surface area contributed by atoms with Crippen LogP contribution in [0.15, 0.2) is 0 Å². The van der Waals surface area contributed by atoms with Crippen molar-refractivity contribution in [2.75, 3.05) is 25.4 Å². The number of rotatable bonds is 6. The summed E-state index contributed by atoms with van der Waals surface area (Å²) in [6.45, 7) is 6.48. The summed E-state index contributed by atoms with van der Waals surface area (Å²) in [5.41, 5.74) is -4.11. The number of nitrogens with zero attached hydrogens (tertiary/aromatic N) is 1. The van der Waals surface area contributed by atoms with Gasteiger partial charge in [0.15, 0.2) is 0 Å². The fraction of sp³-hybridized carbons (Fsp3) is 1.00. The number of thioether (sulfide) groups is 1. The highest BCUT2D eigenvalue weighted by molar-refractivity contribution is 8.00. The lowest BCUT2D eigenvalue weighted by Crippen LogP contribution is -2.46. The van der Waals surface area contributed by atoms with Crippen molar-refractivity contribution >= 4 is 11.8 Å². The molecule has 1 fully saturated rings. The zero-order valence-corrected chi connectivity index (χ0v) is 11.9. The lowest BCUT2D eigenvalue weighted by atomic mass is 10.0. The predicted molar refractivity (Wildman–Crippen MR) is 70.9 cm³/mol. The van der Waals surface area contributed by atoms with E-state index in [1.165, 1.54) is 12.8 Å². The van der Waals surface area contributed by atoms with Gasteiger partial charge in [-0.3, -0.25) is 4.90 Å². The van der Waals surface area contributed by atoms with Crippen LogP contribution in [0.25, 0.3) is 0 Å². The van der Waals surface area contributed by atoms with E-state index in [9.17, 15) is 13.2 Å². The molecular formula is C12H23F3N2S. The summed E-state index contributed by atoms with van der Waals surface area (Å²) in [5, 5.41) is 3.44. The van der Waals surface area contributed by atoms with Gasteiger partial charge in [0.05, 0.1) is 0 Å². The smallest absolute Gasteiger partial charge is 0.313 e. The van der Waals surface area contributed by atoms with Crippen molar-refractivity contribution in [1.29, 1.82) is 0 Å². The fourth-order valence-corrected chi connectivity index (χ4v) is 2.76. The highest BCUT2D eigenvalue weighted by Crippen LogP contribution is 2.30. The summed E-state index contributed by atoms with van der Waals surface area (Å²) < 4.78 is 36.3. The average Bonchev–Trinajstić information content (AvgIpc) is 2.27. The highest BCUT2D eigenvalue weighted by atomic mass is 32.2. The van der Waals surface area contributed by atoms with Crippen LogP contribution in [0.2, 0.25) is 0 Å². The third kappa shape index (κ3) is 6.85. The Labute approximate surface area is 112 Å². The van der Waals surface area contributed by atoms with E-state index in [2.05, 4.69) is 10.2 Å². The molecule has 0 amide bonds. The minimum absolute atomic E-state index is 0.0793. The zero-order valence-electron chi connectivity index (χ0n) is 11.1. The maximum absolute atomic E-state index is 12.1. The largest absolute Gasteiger partial charge is 0.441 e. The molecule has 1 aliphatic rings. The number of alkyl halides is 3. The van der Waals surface area contributed by atoms with Gasteiger partial charge in [0.25, 0.3) is 0 Å². The molecule has 1 N–H and O–H groups in total. The molecule has 2 nitrogen and oxygen atoms in total. The van der Waals surface area contributed by atoms with E-state index in [1.54, 1.807) is 0 Å². The number of piperidine rings is 1. The zero-order chi connectivity index (χ0) is 13.6. The summed E-state index contributed by atoms with van der Waals surface area (Å²) in [6, 6.07) is 0.736. The van der Waals surface area contributed by atoms with E-state index in [0.29, 0.717) is 18.6 Å². The Bertz CT molecular complexity index is 228. The normalized spacial score (nSPS) is 21.8. The van der Waals surface area contributed by atoms with Crippen molar-refractivity contribution in [3.8, 4) is 0 Å². The first-order chi connectivity index (χ1) is 8.38. The molecule has 0 saturated carbocycles. The fourth-order valence-electron chi connectivity index (χ4n) is 2.20. The Morgan fingerprint density at radius 2 is 2.06 bits per heavy atom. The quantitative estimate of drug-likeness (QED) is 0.807. The van der Waals surface area contributed by atoms with Crippen LogP contribution in [-0.4, -0.2) is 47.9 Å². The number of hydrogen-bond acceptors (Lipinski definition) is 3. The molecule has 1 rings (SSSR count). The van der Waals surface area contributed by atoms with E-state index in [-0.39, 0.29) is 17.5 Å². The van der Waals surface area contributed by atoms with Gasteiger partial charge < -0.3 is 5.32 Å². The topological polar surface area (TPSA) is 15.3 Å². The van der Waals surface area contributed by atoms with Gasteiger partial charge in [0.2, 0.25) is 0 Å². The summed E-state index contributed by atoms with van der Waals surface area (Å²) in [7, 11) is 0. The Kier molecular flexibility index (Phi) is 6.81. The molecule has 0 aromatic heterocycles. The Morgan fingerprint density at radius 3 is 2.56 bits per heavy atom. The average molecular weight is 284 g/mol. The second-order valence-electron chi connectivity index (χ2n) is 5.03. The molecule has 0 aromatic carbocycles. The lowest BCUT2D eigenvalue weighted by molar-refractivity contribution is -0.0329. The molecule has 1 aliphatic heterocycles. The molecule has 0 aliphatic carbocycles. The summed E-state index contributed by atoms with van der Waals surface area (Å²) in [5.74, 6) is 0.119. The van der Waals surface area contributed by atoms with Crippen LogP contribution in [0.1, 0.15) is 33.1 Å². The van der Waals surface area contributed by atoms with Gasteiger partial charge >= 0.3 is 5.51 Å². The number of halogens is 3. The molecule has 18 heavy (non-hydrogen) atoms. The molecular weight excluding hydrogens is 261 g/mol. The Hall–Kier alpha value is 0.0600. The standard InChI is InChI=1S/C12H23F3N2S/c1-10(2)17(7-8-18-12(13,14)15)9-11-5-3-4-6-16-11/h10-11,16H,3-9H2,1-2H3. The van der Waals surface area contributed by atoms with Crippen LogP contribution in [0.3, 0.4) is 0 Å². The second kappa shape index (κ2) is 7.60. The van der Waals surface area contributed by atoms with Crippen LogP contribution in [-0.2, 0) is 0 Å². The van der Waals surface area contributed by atoms with E-state index in [1.807, 2.05) is 13.8 Å². The summed E-state index contributed by atoms with van der Waals surface area (Å²) >= 11 is 0.0793.